The van der Waals surface area contributed by atoms with Crippen molar-refractivity contribution in [3.8, 4) is 0 Å². The van der Waals surface area contributed by atoms with Crippen LogP contribution < -0.4 is 5.19 Å². The van der Waals surface area contributed by atoms with Crippen molar-refractivity contribution in [2.45, 2.75) is 72.1 Å². The molecule has 2 heteroatoms. The predicted molar refractivity (Wildman–Crippen MR) is 89.9 cm³/mol. The highest BCUT2D eigenvalue weighted by molar-refractivity contribution is 6.47. The van der Waals surface area contributed by atoms with Gasteiger partial charge in [-0.15, -0.1) is 0 Å². The van der Waals surface area contributed by atoms with Gasteiger partial charge in [0.15, 0.2) is 0 Å². The number of benzene rings is 1. The molecular formula is C18H30OSi. The van der Waals surface area contributed by atoms with Gasteiger partial charge in [0.25, 0.3) is 9.76 Å². The summed E-state index contributed by atoms with van der Waals surface area (Å²) in [6.07, 6.45) is 10.9. The van der Waals surface area contributed by atoms with Crippen LogP contribution in [0.3, 0.4) is 0 Å². The quantitative estimate of drug-likeness (QED) is 0.424. The lowest BCUT2D eigenvalue weighted by molar-refractivity contribution is 0.325. The lowest BCUT2D eigenvalue weighted by Crippen LogP contribution is -2.21. The van der Waals surface area contributed by atoms with E-state index in [1.54, 1.807) is 0 Å². The molecule has 0 atom stereocenters. The summed E-state index contributed by atoms with van der Waals surface area (Å²) in [5, 5.41) is 1.37. The molecule has 0 fully saturated rings. The molecule has 2 radical (unpaired) electrons. The maximum absolute atomic E-state index is 5.83. The topological polar surface area (TPSA) is 9.23 Å². The van der Waals surface area contributed by atoms with E-state index >= 15 is 0 Å². The van der Waals surface area contributed by atoms with Crippen LogP contribution in [0.15, 0.2) is 18.2 Å². The van der Waals surface area contributed by atoms with Crippen molar-refractivity contribution in [1.82, 2.24) is 0 Å². The standard InChI is InChI=1S/C18H30OSi/c1-4-5-6-7-8-9-10-11-15-19-20-18-14-12-13-16(2)17(18)3/h12-14H,4-11,15H2,1-3H3. The van der Waals surface area contributed by atoms with Gasteiger partial charge in [0.1, 0.15) is 0 Å². The smallest absolute Gasteiger partial charge is 0.268 e. The first kappa shape index (κ1) is 17.4. The van der Waals surface area contributed by atoms with Crippen LogP contribution in [-0.2, 0) is 4.43 Å². The molecule has 1 nitrogen and oxygen atoms in total. The molecule has 0 aliphatic carbocycles. The molecule has 0 aromatic heterocycles. The summed E-state index contributed by atoms with van der Waals surface area (Å²) in [5.74, 6) is 0. The molecule has 1 rings (SSSR count). The fourth-order valence-corrected chi connectivity index (χ4v) is 3.21. The number of hydrogen-bond acceptors (Lipinski definition) is 1. The minimum Gasteiger partial charge on any atom is -0.411 e. The molecule has 0 N–H and O–H groups in total. The van der Waals surface area contributed by atoms with Crippen LogP contribution in [0, 0.1) is 13.8 Å². The van der Waals surface area contributed by atoms with Crippen molar-refractivity contribution in [3.63, 3.8) is 0 Å². The van der Waals surface area contributed by atoms with E-state index in [1.165, 1.54) is 67.7 Å². The molecule has 0 unspecified atom stereocenters. The second-order valence-corrected chi connectivity index (χ2v) is 6.70. The van der Waals surface area contributed by atoms with Crippen LogP contribution in [0.25, 0.3) is 0 Å². The molecule has 0 spiro atoms. The van der Waals surface area contributed by atoms with Crippen LogP contribution >= 0.6 is 0 Å². The van der Waals surface area contributed by atoms with E-state index in [2.05, 4.69) is 39.0 Å². The first-order valence-electron chi connectivity index (χ1n) is 8.19. The van der Waals surface area contributed by atoms with E-state index < -0.39 is 0 Å². The highest BCUT2D eigenvalue weighted by atomic mass is 28.2. The summed E-state index contributed by atoms with van der Waals surface area (Å²) in [7, 11) is 0.512. The second kappa shape index (κ2) is 11.1. The molecule has 0 heterocycles. The van der Waals surface area contributed by atoms with Crippen molar-refractivity contribution in [2.75, 3.05) is 6.61 Å². The molecular weight excluding hydrogens is 260 g/mol. The molecule has 1 aromatic carbocycles. The number of unbranched alkanes of at least 4 members (excludes halogenated alkanes) is 7. The highest BCUT2D eigenvalue weighted by Crippen LogP contribution is 2.08. The van der Waals surface area contributed by atoms with Gasteiger partial charge >= 0.3 is 0 Å². The first-order chi connectivity index (χ1) is 9.75. The zero-order valence-electron chi connectivity index (χ0n) is 13.5. The minimum absolute atomic E-state index is 0.512. The van der Waals surface area contributed by atoms with E-state index in [-0.39, 0.29) is 0 Å². The van der Waals surface area contributed by atoms with Gasteiger partial charge in [-0.2, -0.15) is 0 Å². The first-order valence-corrected chi connectivity index (χ1v) is 9.10. The summed E-state index contributed by atoms with van der Waals surface area (Å²) in [6, 6.07) is 6.49. The highest BCUT2D eigenvalue weighted by Gasteiger charge is 2.02. The Hall–Kier alpha value is -0.603. The predicted octanol–water partition coefficient (Wildman–Crippen LogP) is 4.71. The van der Waals surface area contributed by atoms with Gasteiger partial charge in [-0.3, -0.25) is 0 Å². The summed E-state index contributed by atoms with van der Waals surface area (Å²) < 4.78 is 5.83. The number of aryl methyl sites for hydroxylation is 1. The Labute approximate surface area is 128 Å². The van der Waals surface area contributed by atoms with Crippen molar-refractivity contribution >= 4 is 14.9 Å². The maximum Gasteiger partial charge on any atom is 0.268 e. The summed E-state index contributed by atoms with van der Waals surface area (Å²) >= 11 is 0. The Morgan fingerprint density at radius 2 is 1.55 bits per heavy atom. The van der Waals surface area contributed by atoms with Gasteiger partial charge in [-0.05, 0) is 36.6 Å². The molecule has 0 amide bonds. The van der Waals surface area contributed by atoms with Gasteiger partial charge < -0.3 is 4.43 Å². The Kier molecular flexibility index (Phi) is 9.68. The summed E-state index contributed by atoms with van der Waals surface area (Å²) in [4.78, 5) is 0. The maximum atomic E-state index is 5.83. The minimum atomic E-state index is 0.512. The van der Waals surface area contributed by atoms with Crippen LogP contribution in [0.1, 0.15) is 69.4 Å². The van der Waals surface area contributed by atoms with Gasteiger partial charge in [-0.1, -0.05) is 70.1 Å². The Bertz CT molecular complexity index is 362. The lowest BCUT2D eigenvalue weighted by atomic mass is 10.1. The van der Waals surface area contributed by atoms with Crippen molar-refractivity contribution < 1.29 is 4.43 Å². The average Bonchev–Trinajstić information content (AvgIpc) is 2.45. The summed E-state index contributed by atoms with van der Waals surface area (Å²) in [5.41, 5.74) is 2.76. The normalized spacial score (nSPS) is 10.9. The van der Waals surface area contributed by atoms with Crippen molar-refractivity contribution in [1.29, 1.82) is 0 Å². The largest absolute Gasteiger partial charge is 0.411 e. The van der Waals surface area contributed by atoms with Crippen LogP contribution in [-0.4, -0.2) is 16.4 Å². The van der Waals surface area contributed by atoms with Gasteiger partial charge in [0, 0.05) is 6.61 Å². The SMILES string of the molecule is CCCCCCCCCCO[Si]c1cccc(C)c1C. The molecule has 0 saturated carbocycles. The van der Waals surface area contributed by atoms with E-state index in [0.29, 0.717) is 9.76 Å². The Balaban J connectivity index is 1.98. The van der Waals surface area contributed by atoms with E-state index in [4.69, 9.17) is 4.43 Å². The van der Waals surface area contributed by atoms with Gasteiger partial charge in [0.05, 0.1) is 0 Å². The zero-order chi connectivity index (χ0) is 14.6. The van der Waals surface area contributed by atoms with E-state index in [0.717, 1.165) is 6.61 Å². The van der Waals surface area contributed by atoms with Crippen LogP contribution in [0.4, 0.5) is 0 Å². The van der Waals surface area contributed by atoms with Gasteiger partial charge in [0.2, 0.25) is 0 Å². The lowest BCUT2D eigenvalue weighted by Gasteiger charge is -2.08. The van der Waals surface area contributed by atoms with E-state index in [1.807, 2.05) is 0 Å². The number of hydrogen-bond donors (Lipinski definition) is 0. The summed E-state index contributed by atoms with van der Waals surface area (Å²) in [6.45, 7) is 7.55. The molecule has 1 aromatic rings. The molecule has 0 aliphatic rings. The fraction of sp³-hybridized carbons (Fsp3) is 0.667. The third-order valence-corrected chi connectivity index (χ3v) is 5.00. The number of rotatable bonds is 11. The fourth-order valence-electron chi connectivity index (χ4n) is 2.30. The Morgan fingerprint density at radius 1 is 0.900 bits per heavy atom. The van der Waals surface area contributed by atoms with Crippen LogP contribution in [0.2, 0.25) is 0 Å². The van der Waals surface area contributed by atoms with Crippen molar-refractivity contribution in [2.24, 2.45) is 0 Å². The third kappa shape index (κ3) is 7.25. The van der Waals surface area contributed by atoms with Crippen LogP contribution in [0.5, 0.6) is 0 Å². The molecule has 0 aliphatic heterocycles. The van der Waals surface area contributed by atoms with E-state index in [9.17, 15) is 0 Å². The monoisotopic (exact) mass is 290 g/mol. The van der Waals surface area contributed by atoms with Crippen molar-refractivity contribution in [3.05, 3.63) is 29.3 Å². The third-order valence-electron chi connectivity index (χ3n) is 3.89. The molecule has 0 bridgehead atoms. The zero-order valence-corrected chi connectivity index (χ0v) is 14.5. The molecule has 112 valence electrons. The molecule has 0 saturated heterocycles. The average molecular weight is 291 g/mol. The molecule has 20 heavy (non-hydrogen) atoms. The second-order valence-electron chi connectivity index (χ2n) is 5.67. The van der Waals surface area contributed by atoms with Gasteiger partial charge in [-0.25, -0.2) is 0 Å². The Morgan fingerprint density at radius 3 is 2.25 bits per heavy atom.